The number of nitrogens with two attached hydrogens (primary N) is 1. The van der Waals surface area contributed by atoms with Gasteiger partial charge in [0.25, 0.3) is 0 Å². The molecule has 106 valence electrons. The first-order chi connectivity index (χ1) is 9.78. The Balaban J connectivity index is 1.84. The molecular formula is C15H21N5. The molecule has 0 spiro atoms. The molecule has 5 heteroatoms. The van der Waals surface area contributed by atoms with E-state index in [-0.39, 0.29) is 0 Å². The first-order valence-electron chi connectivity index (χ1n) is 7.25. The average Bonchev–Trinajstić information content (AvgIpc) is 2.47. The van der Waals surface area contributed by atoms with Crippen LogP contribution in [0.15, 0.2) is 24.5 Å². The molecule has 1 fully saturated rings. The summed E-state index contributed by atoms with van der Waals surface area (Å²) in [5.41, 5.74) is 7.49. The van der Waals surface area contributed by atoms with Gasteiger partial charge in [-0.15, -0.1) is 0 Å². The number of hydrogen-bond acceptors (Lipinski definition) is 5. The van der Waals surface area contributed by atoms with Crippen molar-refractivity contribution >= 4 is 22.4 Å². The Kier molecular flexibility index (Phi) is 3.69. The van der Waals surface area contributed by atoms with Crippen molar-refractivity contribution in [1.29, 1.82) is 0 Å². The second-order valence-electron chi connectivity index (χ2n) is 5.30. The van der Waals surface area contributed by atoms with Crippen LogP contribution in [0, 0.1) is 0 Å². The van der Waals surface area contributed by atoms with Crippen molar-refractivity contribution in [1.82, 2.24) is 14.9 Å². The topological polar surface area (TPSA) is 58.3 Å². The van der Waals surface area contributed by atoms with Crippen LogP contribution in [0.3, 0.4) is 0 Å². The summed E-state index contributed by atoms with van der Waals surface area (Å²) >= 11 is 0. The lowest BCUT2D eigenvalue weighted by Gasteiger charge is -2.35. The molecule has 0 bridgehead atoms. The minimum absolute atomic E-state index is 0.745. The van der Waals surface area contributed by atoms with Gasteiger partial charge in [-0.05, 0) is 31.2 Å². The van der Waals surface area contributed by atoms with Crippen LogP contribution < -0.4 is 10.6 Å². The van der Waals surface area contributed by atoms with Crippen LogP contribution in [0.1, 0.15) is 13.3 Å². The van der Waals surface area contributed by atoms with Crippen LogP contribution in [0.25, 0.3) is 10.9 Å². The fraction of sp³-hybridized carbons (Fsp3) is 0.467. The van der Waals surface area contributed by atoms with Crippen LogP contribution in [0.2, 0.25) is 0 Å². The van der Waals surface area contributed by atoms with Crippen molar-refractivity contribution < 1.29 is 0 Å². The fourth-order valence-electron chi connectivity index (χ4n) is 2.81. The zero-order valence-electron chi connectivity index (χ0n) is 11.9. The minimum atomic E-state index is 0.745. The van der Waals surface area contributed by atoms with Gasteiger partial charge in [-0.25, -0.2) is 9.97 Å². The molecule has 2 aromatic rings. The number of hydrogen-bond donors (Lipinski definition) is 1. The summed E-state index contributed by atoms with van der Waals surface area (Å²) in [5, 5.41) is 1.09. The summed E-state index contributed by atoms with van der Waals surface area (Å²) in [7, 11) is 0. The van der Waals surface area contributed by atoms with E-state index in [1.807, 2.05) is 18.2 Å². The third kappa shape index (κ3) is 2.54. The van der Waals surface area contributed by atoms with E-state index in [0.717, 1.165) is 48.6 Å². The summed E-state index contributed by atoms with van der Waals surface area (Å²) in [4.78, 5) is 13.7. The largest absolute Gasteiger partial charge is 0.399 e. The molecule has 1 aliphatic rings. The number of nitrogen functional groups attached to an aromatic ring is 1. The molecule has 0 amide bonds. The molecule has 0 saturated carbocycles. The average molecular weight is 271 g/mol. The SMILES string of the molecule is CCCN1CCN(c2ncnc3cc(N)ccc23)CC1. The normalized spacial score (nSPS) is 16.8. The molecule has 0 radical (unpaired) electrons. The summed E-state index contributed by atoms with van der Waals surface area (Å²) in [6.45, 7) is 7.68. The van der Waals surface area contributed by atoms with Crippen molar-refractivity contribution in [2.24, 2.45) is 0 Å². The molecule has 0 atom stereocenters. The van der Waals surface area contributed by atoms with Crippen molar-refractivity contribution in [3.05, 3.63) is 24.5 Å². The zero-order chi connectivity index (χ0) is 13.9. The van der Waals surface area contributed by atoms with Gasteiger partial charge >= 0.3 is 0 Å². The van der Waals surface area contributed by atoms with Gasteiger partial charge in [0.05, 0.1) is 5.52 Å². The molecule has 5 nitrogen and oxygen atoms in total. The van der Waals surface area contributed by atoms with E-state index in [9.17, 15) is 0 Å². The number of nitrogens with zero attached hydrogens (tertiary/aromatic N) is 4. The zero-order valence-corrected chi connectivity index (χ0v) is 11.9. The van der Waals surface area contributed by atoms with E-state index in [0.29, 0.717) is 0 Å². The highest BCUT2D eigenvalue weighted by atomic mass is 15.3. The van der Waals surface area contributed by atoms with Crippen LogP contribution in [0.5, 0.6) is 0 Å². The molecule has 1 aromatic heterocycles. The third-order valence-electron chi connectivity index (χ3n) is 3.85. The highest BCUT2D eigenvalue weighted by molar-refractivity contribution is 5.91. The lowest BCUT2D eigenvalue weighted by atomic mass is 10.2. The highest BCUT2D eigenvalue weighted by Crippen LogP contribution is 2.25. The molecule has 2 N–H and O–H groups in total. The Morgan fingerprint density at radius 2 is 1.95 bits per heavy atom. The van der Waals surface area contributed by atoms with E-state index < -0.39 is 0 Å². The Hall–Kier alpha value is -1.88. The van der Waals surface area contributed by atoms with E-state index in [1.165, 1.54) is 13.0 Å². The van der Waals surface area contributed by atoms with Crippen molar-refractivity contribution in [3.63, 3.8) is 0 Å². The first-order valence-corrected chi connectivity index (χ1v) is 7.25. The number of benzene rings is 1. The summed E-state index contributed by atoms with van der Waals surface area (Å²) in [6, 6.07) is 5.86. The predicted molar refractivity (Wildman–Crippen MR) is 82.9 cm³/mol. The molecule has 0 unspecified atom stereocenters. The molecule has 0 aliphatic carbocycles. The van der Waals surface area contributed by atoms with Crippen molar-refractivity contribution in [2.75, 3.05) is 43.4 Å². The third-order valence-corrected chi connectivity index (χ3v) is 3.85. The van der Waals surface area contributed by atoms with Gasteiger partial charge in [-0.3, -0.25) is 4.90 Å². The van der Waals surface area contributed by atoms with Gasteiger partial charge in [0.1, 0.15) is 12.1 Å². The molecule has 20 heavy (non-hydrogen) atoms. The van der Waals surface area contributed by atoms with Crippen LogP contribution in [0.4, 0.5) is 11.5 Å². The van der Waals surface area contributed by atoms with Crippen LogP contribution in [-0.4, -0.2) is 47.6 Å². The quantitative estimate of drug-likeness (QED) is 0.862. The second kappa shape index (κ2) is 5.63. The molecular weight excluding hydrogens is 250 g/mol. The first kappa shape index (κ1) is 13.1. The number of piperazine rings is 1. The predicted octanol–water partition coefficient (Wildman–Crippen LogP) is 1.74. The van der Waals surface area contributed by atoms with Gasteiger partial charge in [-0.2, -0.15) is 0 Å². The number of fused-ring (bicyclic) bond motifs is 1. The lowest BCUT2D eigenvalue weighted by Crippen LogP contribution is -2.46. The molecule has 3 rings (SSSR count). The van der Waals surface area contributed by atoms with Crippen LogP contribution in [-0.2, 0) is 0 Å². The number of aromatic nitrogens is 2. The van der Waals surface area contributed by atoms with Gasteiger partial charge in [-0.1, -0.05) is 6.92 Å². The lowest BCUT2D eigenvalue weighted by molar-refractivity contribution is 0.258. The second-order valence-corrected chi connectivity index (χ2v) is 5.30. The standard InChI is InChI=1S/C15H21N5/c1-2-5-19-6-8-20(9-7-19)15-13-4-3-12(16)10-14(13)17-11-18-15/h3-4,10-11H,2,5-9,16H2,1H3. The van der Waals surface area contributed by atoms with E-state index in [4.69, 9.17) is 5.73 Å². The maximum absolute atomic E-state index is 5.82. The molecule has 1 saturated heterocycles. The maximum Gasteiger partial charge on any atom is 0.139 e. The number of rotatable bonds is 3. The molecule has 1 aliphatic heterocycles. The molecule has 2 heterocycles. The van der Waals surface area contributed by atoms with Gasteiger partial charge in [0, 0.05) is 37.3 Å². The summed E-state index contributed by atoms with van der Waals surface area (Å²) in [6.07, 6.45) is 2.85. The fourth-order valence-corrected chi connectivity index (χ4v) is 2.81. The highest BCUT2D eigenvalue weighted by Gasteiger charge is 2.19. The Morgan fingerprint density at radius 1 is 1.15 bits per heavy atom. The monoisotopic (exact) mass is 271 g/mol. The van der Waals surface area contributed by atoms with Crippen molar-refractivity contribution in [2.45, 2.75) is 13.3 Å². The van der Waals surface area contributed by atoms with E-state index >= 15 is 0 Å². The van der Waals surface area contributed by atoms with Crippen molar-refractivity contribution in [3.8, 4) is 0 Å². The van der Waals surface area contributed by atoms with Crippen LogP contribution >= 0.6 is 0 Å². The summed E-state index contributed by atoms with van der Waals surface area (Å²) in [5.74, 6) is 1.03. The van der Waals surface area contributed by atoms with E-state index in [1.54, 1.807) is 6.33 Å². The van der Waals surface area contributed by atoms with Gasteiger partial charge in [0.2, 0.25) is 0 Å². The van der Waals surface area contributed by atoms with E-state index in [2.05, 4.69) is 26.7 Å². The number of anilines is 2. The van der Waals surface area contributed by atoms with Gasteiger partial charge in [0.15, 0.2) is 0 Å². The van der Waals surface area contributed by atoms with Gasteiger partial charge < -0.3 is 10.6 Å². The Labute approximate surface area is 119 Å². The maximum atomic E-state index is 5.82. The smallest absolute Gasteiger partial charge is 0.139 e. The summed E-state index contributed by atoms with van der Waals surface area (Å²) < 4.78 is 0. The Bertz CT molecular complexity index is 590. The minimum Gasteiger partial charge on any atom is -0.399 e. The molecule has 1 aromatic carbocycles. The Morgan fingerprint density at radius 3 is 2.70 bits per heavy atom.